The standard InChI is InChI=1S/C15H28N2O/c1-17(8-9-18-12-13-2-3-13)11-14-10-15(14)4-6-16-7-5-15/h13-14,16H,2-12H2,1H3. The van der Waals surface area contributed by atoms with Crippen LogP contribution >= 0.6 is 0 Å². The first kappa shape index (κ1) is 12.9. The molecule has 1 N–H and O–H groups in total. The molecule has 0 aromatic rings. The fourth-order valence-corrected chi connectivity index (χ4v) is 3.45. The van der Waals surface area contributed by atoms with Crippen LogP contribution in [0.2, 0.25) is 0 Å². The summed E-state index contributed by atoms with van der Waals surface area (Å²) in [6.45, 7) is 6.81. The number of nitrogens with one attached hydrogen (secondary N) is 1. The lowest BCUT2D eigenvalue weighted by Gasteiger charge is -2.25. The molecule has 104 valence electrons. The maximum Gasteiger partial charge on any atom is 0.0593 e. The average Bonchev–Trinajstić information content (AvgIpc) is 3.27. The predicted molar refractivity (Wildman–Crippen MR) is 73.7 cm³/mol. The quantitative estimate of drug-likeness (QED) is 0.699. The van der Waals surface area contributed by atoms with E-state index in [0.717, 1.165) is 37.0 Å². The molecule has 1 atom stereocenters. The molecule has 1 unspecified atom stereocenters. The van der Waals surface area contributed by atoms with Gasteiger partial charge in [0.2, 0.25) is 0 Å². The molecular weight excluding hydrogens is 224 g/mol. The second-order valence-electron chi connectivity index (χ2n) is 6.79. The SMILES string of the molecule is CN(CCOCC1CC1)CC1CC12CCNCC2. The van der Waals surface area contributed by atoms with Crippen molar-refractivity contribution in [2.24, 2.45) is 17.3 Å². The van der Waals surface area contributed by atoms with E-state index < -0.39 is 0 Å². The van der Waals surface area contributed by atoms with Crippen molar-refractivity contribution in [3.63, 3.8) is 0 Å². The average molecular weight is 252 g/mol. The van der Waals surface area contributed by atoms with Crippen LogP contribution in [0.5, 0.6) is 0 Å². The van der Waals surface area contributed by atoms with Crippen LogP contribution < -0.4 is 5.32 Å². The van der Waals surface area contributed by atoms with Crippen molar-refractivity contribution < 1.29 is 4.74 Å². The number of hydrogen-bond donors (Lipinski definition) is 1. The second-order valence-corrected chi connectivity index (χ2v) is 6.79. The Balaban J connectivity index is 1.28. The highest BCUT2D eigenvalue weighted by atomic mass is 16.5. The van der Waals surface area contributed by atoms with Crippen molar-refractivity contribution >= 4 is 0 Å². The smallest absolute Gasteiger partial charge is 0.0593 e. The first-order chi connectivity index (χ1) is 8.78. The van der Waals surface area contributed by atoms with Gasteiger partial charge in [0.1, 0.15) is 0 Å². The lowest BCUT2D eigenvalue weighted by atomic mass is 9.92. The van der Waals surface area contributed by atoms with Crippen molar-refractivity contribution in [3.05, 3.63) is 0 Å². The number of rotatable bonds is 7. The van der Waals surface area contributed by atoms with Gasteiger partial charge in [-0.1, -0.05) is 0 Å². The van der Waals surface area contributed by atoms with Crippen LogP contribution in [0.3, 0.4) is 0 Å². The Morgan fingerprint density at radius 1 is 1.28 bits per heavy atom. The van der Waals surface area contributed by atoms with Crippen LogP contribution in [0.25, 0.3) is 0 Å². The molecule has 18 heavy (non-hydrogen) atoms. The van der Waals surface area contributed by atoms with Gasteiger partial charge in [0.15, 0.2) is 0 Å². The van der Waals surface area contributed by atoms with E-state index >= 15 is 0 Å². The van der Waals surface area contributed by atoms with Crippen molar-refractivity contribution in [2.75, 3.05) is 46.4 Å². The third-order valence-electron chi connectivity index (χ3n) is 5.16. The molecule has 3 nitrogen and oxygen atoms in total. The van der Waals surface area contributed by atoms with Crippen molar-refractivity contribution in [1.29, 1.82) is 0 Å². The summed E-state index contributed by atoms with van der Waals surface area (Å²) in [5, 5.41) is 3.48. The Morgan fingerprint density at radius 2 is 2.06 bits per heavy atom. The minimum Gasteiger partial charge on any atom is -0.380 e. The Morgan fingerprint density at radius 3 is 2.78 bits per heavy atom. The molecule has 0 amide bonds. The molecule has 1 saturated heterocycles. The summed E-state index contributed by atoms with van der Waals surface area (Å²) < 4.78 is 5.72. The molecule has 3 heteroatoms. The number of piperidine rings is 1. The molecule has 0 aromatic heterocycles. The van der Waals surface area contributed by atoms with Crippen LogP contribution in [0.4, 0.5) is 0 Å². The lowest BCUT2D eigenvalue weighted by molar-refractivity contribution is 0.100. The summed E-state index contributed by atoms with van der Waals surface area (Å²) in [4.78, 5) is 2.48. The van der Waals surface area contributed by atoms with E-state index in [4.69, 9.17) is 4.74 Å². The van der Waals surface area contributed by atoms with E-state index in [0.29, 0.717) is 0 Å². The van der Waals surface area contributed by atoms with Gasteiger partial charge in [-0.15, -0.1) is 0 Å². The van der Waals surface area contributed by atoms with Gasteiger partial charge < -0.3 is 15.0 Å². The molecule has 3 rings (SSSR count). The first-order valence-corrected chi connectivity index (χ1v) is 7.75. The summed E-state index contributed by atoms with van der Waals surface area (Å²) in [5.41, 5.74) is 0.731. The Bertz CT molecular complexity index is 272. The Kier molecular flexibility index (Phi) is 3.92. The van der Waals surface area contributed by atoms with Crippen molar-refractivity contribution in [2.45, 2.75) is 32.1 Å². The number of ether oxygens (including phenoxy) is 1. The Hall–Kier alpha value is -0.120. The summed E-state index contributed by atoms with van der Waals surface area (Å²) >= 11 is 0. The predicted octanol–water partition coefficient (Wildman–Crippen LogP) is 1.73. The van der Waals surface area contributed by atoms with Crippen molar-refractivity contribution in [1.82, 2.24) is 10.2 Å². The molecule has 1 heterocycles. The molecule has 3 aliphatic rings. The normalized spacial score (nSPS) is 30.0. The largest absolute Gasteiger partial charge is 0.380 e. The van der Waals surface area contributed by atoms with Gasteiger partial charge in [-0.25, -0.2) is 0 Å². The van der Waals surface area contributed by atoms with Gasteiger partial charge in [0.25, 0.3) is 0 Å². The number of hydrogen-bond acceptors (Lipinski definition) is 3. The number of likely N-dealkylation sites (N-methyl/N-ethyl adjacent to an activating group) is 1. The van der Waals surface area contributed by atoms with Gasteiger partial charge in [-0.2, -0.15) is 0 Å². The van der Waals surface area contributed by atoms with Crippen LogP contribution in [0.15, 0.2) is 0 Å². The Labute approximate surface area is 111 Å². The van der Waals surface area contributed by atoms with E-state index in [1.54, 1.807) is 0 Å². The molecule has 3 fully saturated rings. The second kappa shape index (κ2) is 5.48. The first-order valence-electron chi connectivity index (χ1n) is 7.75. The fourth-order valence-electron chi connectivity index (χ4n) is 3.45. The summed E-state index contributed by atoms with van der Waals surface area (Å²) in [6.07, 6.45) is 7.08. The molecule has 2 saturated carbocycles. The highest BCUT2D eigenvalue weighted by Gasteiger charge is 2.53. The van der Waals surface area contributed by atoms with Crippen LogP contribution in [-0.4, -0.2) is 51.3 Å². The summed E-state index contributed by atoms with van der Waals surface area (Å²) in [5.74, 6) is 1.87. The molecule has 1 spiro atoms. The minimum atomic E-state index is 0.731. The van der Waals surface area contributed by atoms with E-state index in [9.17, 15) is 0 Å². The molecule has 0 aromatic carbocycles. The van der Waals surface area contributed by atoms with Crippen molar-refractivity contribution in [3.8, 4) is 0 Å². The minimum absolute atomic E-state index is 0.731. The van der Waals surface area contributed by atoms with E-state index in [2.05, 4.69) is 17.3 Å². The van der Waals surface area contributed by atoms with Gasteiger partial charge >= 0.3 is 0 Å². The maximum atomic E-state index is 5.72. The van der Waals surface area contributed by atoms with Crippen LogP contribution in [-0.2, 0) is 4.74 Å². The fraction of sp³-hybridized carbons (Fsp3) is 1.00. The summed E-state index contributed by atoms with van der Waals surface area (Å²) in [6, 6.07) is 0. The molecule has 0 bridgehead atoms. The molecule has 2 aliphatic carbocycles. The topological polar surface area (TPSA) is 24.5 Å². The van der Waals surface area contributed by atoms with Crippen LogP contribution in [0, 0.1) is 17.3 Å². The maximum absolute atomic E-state index is 5.72. The van der Waals surface area contributed by atoms with E-state index in [-0.39, 0.29) is 0 Å². The van der Waals surface area contributed by atoms with Crippen LogP contribution in [0.1, 0.15) is 32.1 Å². The zero-order valence-corrected chi connectivity index (χ0v) is 11.8. The van der Waals surface area contributed by atoms with Gasteiger partial charge in [-0.3, -0.25) is 0 Å². The zero-order valence-electron chi connectivity index (χ0n) is 11.8. The van der Waals surface area contributed by atoms with Gasteiger partial charge in [-0.05, 0) is 69.5 Å². The third-order valence-corrected chi connectivity index (χ3v) is 5.16. The van der Waals surface area contributed by atoms with E-state index in [1.165, 1.54) is 51.7 Å². The third kappa shape index (κ3) is 3.25. The lowest BCUT2D eigenvalue weighted by Crippen LogP contribution is -2.32. The monoisotopic (exact) mass is 252 g/mol. The molecule has 1 aliphatic heterocycles. The van der Waals surface area contributed by atoms with E-state index in [1.807, 2.05) is 0 Å². The molecular formula is C15H28N2O. The van der Waals surface area contributed by atoms with Gasteiger partial charge in [0, 0.05) is 19.7 Å². The van der Waals surface area contributed by atoms with Gasteiger partial charge in [0.05, 0.1) is 6.61 Å². The number of nitrogens with zero attached hydrogens (tertiary/aromatic N) is 1. The zero-order chi connectivity index (χ0) is 12.4. The highest BCUT2D eigenvalue weighted by molar-refractivity contribution is 5.05. The highest BCUT2D eigenvalue weighted by Crippen LogP contribution is 2.58. The molecule has 0 radical (unpaired) electrons. The summed E-state index contributed by atoms with van der Waals surface area (Å²) in [7, 11) is 2.26.